The smallest absolute Gasteiger partial charge is 0.480 e. The maximum absolute atomic E-state index is 11.6. The van der Waals surface area contributed by atoms with Crippen molar-refractivity contribution < 1.29 is 40.5 Å². The van der Waals surface area contributed by atoms with Crippen molar-refractivity contribution in [2.75, 3.05) is 13.6 Å². The molecule has 1 aliphatic heterocycles. The van der Waals surface area contributed by atoms with Crippen LogP contribution in [-0.4, -0.2) is 53.0 Å². The van der Waals surface area contributed by atoms with Crippen molar-refractivity contribution in [1.29, 1.82) is 0 Å². The average molecular weight is 494 g/mol. The summed E-state index contributed by atoms with van der Waals surface area (Å²) in [7, 11) is 1.77. The van der Waals surface area contributed by atoms with Crippen LogP contribution in [0.3, 0.4) is 0 Å². The van der Waals surface area contributed by atoms with Crippen LogP contribution in [0.2, 0.25) is 0 Å². The van der Waals surface area contributed by atoms with Crippen molar-refractivity contribution in [3.05, 3.63) is 18.6 Å². The molecule has 6 nitrogen and oxygen atoms in total. The third-order valence-electron chi connectivity index (χ3n) is 2.71. The summed E-state index contributed by atoms with van der Waals surface area (Å²) in [6.07, 6.45) is 6.29. The fourth-order valence-electron chi connectivity index (χ4n) is 1.66. The van der Waals surface area contributed by atoms with E-state index in [1.807, 2.05) is 19.9 Å². The summed E-state index contributed by atoms with van der Waals surface area (Å²) in [4.78, 5) is 27.5. The zero-order valence-electron chi connectivity index (χ0n) is 14.6. The second-order valence-electron chi connectivity index (χ2n) is 5.81. The summed E-state index contributed by atoms with van der Waals surface area (Å²) in [5, 5.41) is 8.86. The molecular formula is C16H26N2O4W. The number of allylic oxidation sites excluding steroid dienone is 2. The van der Waals surface area contributed by atoms with Crippen LogP contribution in [0.4, 0.5) is 4.79 Å². The molecule has 1 amide bonds. The Morgan fingerprint density at radius 2 is 2.00 bits per heavy atom. The summed E-state index contributed by atoms with van der Waals surface area (Å²) < 4.78 is 5.11. The second-order valence-corrected chi connectivity index (χ2v) is 5.81. The molecule has 130 valence electrons. The van der Waals surface area contributed by atoms with E-state index in [-0.39, 0.29) is 21.1 Å². The fourth-order valence-corrected chi connectivity index (χ4v) is 1.66. The minimum atomic E-state index is -0.991. The Morgan fingerprint density at radius 1 is 1.43 bits per heavy atom. The van der Waals surface area contributed by atoms with Crippen LogP contribution in [-0.2, 0) is 30.6 Å². The molecule has 0 aromatic carbocycles. The molecule has 1 saturated heterocycles. The van der Waals surface area contributed by atoms with Gasteiger partial charge in [-0.3, -0.25) is 10.9 Å². The first kappa shape index (κ1) is 24.1. The number of aliphatic carboxylic acids is 1. The van der Waals surface area contributed by atoms with Gasteiger partial charge in [0.05, 0.1) is 0 Å². The van der Waals surface area contributed by atoms with E-state index in [2.05, 4.69) is 11.1 Å². The summed E-state index contributed by atoms with van der Waals surface area (Å²) >= 11 is 0. The predicted octanol–water partition coefficient (Wildman–Crippen LogP) is 2.74. The number of ether oxygens (including phenoxy) is 1. The minimum Gasteiger partial charge on any atom is -0.480 e. The van der Waals surface area contributed by atoms with Gasteiger partial charge in [-0.25, -0.2) is 10.9 Å². The van der Waals surface area contributed by atoms with Gasteiger partial charge in [-0.15, -0.1) is 19.1 Å². The standard InChI is InChI=1S/C10H16NO4.C6H10N.W/c1-10(2,3)15-9(14)11-6-4-5-7(11)8(12)13;1-4-5-6(2)7-3;/h4,7H,5-6H2,1-3H3,(H,12,13);5H,1-3H3;/q2*-1;+2. The Bertz CT molecular complexity index is 442. The van der Waals surface area contributed by atoms with Gasteiger partial charge in [-0.2, -0.15) is 0 Å². The van der Waals surface area contributed by atoms with Gasteiger partial charge < -0.3 is 26.2 Å². The molecule has 1 N–H and O–H groups in total. The predicted molar refractivity (Wildman–Crippen MR) is 85.8 cm³/mol. The molecule has 0 saturated carbocycles. The van der Waals surface area contributed by atoms with Crippen molar-refractivity contribution in [2.24, 2.45) is 4.99 Å². The molecular weight excluding hydrogens is 468 g/mol. The van der Waals surface area contributed by atoms with Crippen LogP contribution in [0.5, 0.6) is 0 Å². The Hall–Kier alpha value is -1.16. The molecule has 0 bridgehead atoms. The Morgan fingerprint density at radius 3 is 2.35 bits per heavy atom. The first-order valence-electron chi connectivity index (χ1n) is 7.10. The maximum atomic E-state index is 11.6. The van der Waals surface area contributed by atoms with Crippen molar-refractivity contribution in [2.45, 2.75) is 52.7 Å². The normalized spacial score (nSPS) is 18.1. The van der Waals surface area contributed by atoms with E-state index in [9.17, 15) is 9.59 Å². The van der Waals surface area contributed by atoms with Gasteiger partial charge in [0.1, 0.15) is 11.6 Å². The summed E-state index contributed by atoms with van der Waals surface area (Å²) in [6.45, 7) is 9.39. The molecule has 1 fully saturated rings. The molecule has 0 aromatic heterocycles. The zero-order valence-corrected chi connectivity index (χ0v) is 17.6. The van der Waals surface area contributed by atoms with Gasteiger partial charge in [-0.05, 0) is 20.8 Å². The molecule has 0 spiro atoms. The van der Waals surface area contributed by atoms with Crippen LogP contribution in [0, 0.1) is 12.5 Å². The van der Waals surface area contributed by atoms with E-state index >= 15 is 0 Å². The van der Waals surface area contributed by atoms with Crippen molar-refractivity contribution in [3.63, 3.8) is 0 Å². The van der Waals surface area contributed by atoms with E-state index in [1.54, 1.807) is 34.2 Å². The Kier molecular flexibility index (Phi) is 11.9. The number of amides is 1. The topological polar surface area (TPSA) is 79.2 Å². The van der Waals surface area contributed by atoms with E-state index in [4.69, 9.17) is 9.84 Å². The number of hydrogen-bond acceptors (Lipinski definition) is 4. The molecule has 1 aliphatic rings. The molecule has 7 heteroatoms. The number of carbonyl (C=O) groups is 2. The van der Waals surface area contributed by atoms with E-state index in [1.165, 1.54) is 4.90 Å². The number of carboxylic acid groups (broad SMARTS) is 1. The van der Waals surface area contributed by atoms with Crippen LogP contribution in [0.25, 0.3) is 0 Å². The van der Waals surface area contributed by atoms with Crippen molar-refractivity contribution in [3.8, 4) is 0 Å². The van der Waals surface area contributed by atoms with Gasteiger partial charge >= 0.3 is 33.1 Å². The van der Waals surface area contributed by atoms with Gasteiger partial charge in [0.2, 0.25) is 0 Å². The molecule has 1 unspecified atom stereocenters. The zero-order chi connectivity index (χ0) is 17.3. The average Bonchev–Trinajstić information content (AvgIpc) is 2.87. The van der Waals surface area contributed by atoms with E-state index < -0.39 is 23.7 Å². The molecule has 1 rings (SSSR count). The molecule has 1 heterocycles. The molecule has 0 aliphatic carbocycles. The van der Waals surface area contributed by atoms with Crippen LogP contribution < -0.4 is 0 Å². The van der Waals surface area contributed by atoms with E-state index in [0.29, 0.717) is 13.0 Å². The first-order chi connectivity index (χ1) is 10.1. The van der Waals surface area contributed by atoms with Crippen molar-refractivity contribution in [1.82, 2.24) is 4.90 Å². The number of likely N-dealkylation sites (tertiary alicyclic amines) is 1. The fraction of sp³-hybridized carbons (Fsp3) is 0.625. The largest absolute Gasteiger partial charge is 2.00 e. The molecule has 1 atom stereocenters. The first-order valence-corrected chi connectivity index (χ1v) is 7.10. The van der Waals surface area contributed by atoms with Crippen molar-refractivity contribution >= 4 is 17.8 Å². The second kappa shape index (κ2) is 11.4. The quantitative estimate of drug-likeness (QED) is 0.473. The maximum Gasteiger partial charge on any atom is 2.00 e. The number of carboxylic acids is 1. The molecule has 0 radical (unpaired) electrons. The van der Waals surface area contributed by atoms with Gasteiger partial charge in [0.15, 0.2) is 0 Å². The third-order valence-corrected chi connectivity index (χ3v) is 2.71. The number of nitrogens with zero attached hydrogens (tertiary/aromatic N) is 2. The number of aliphatic imine (C=N–C) groups is 1. The Labute approximate surface area is 153 Å². The summed E-state index contributed by atoms with van der Waals surface area (Å²) in [5.74, 6) is -0.991. The van der Waals surface area contributed by atoms with E-state index in [0.717, 1.165) is 5.71 Å². The van der Waals surface area contributed by atoms with Crippen LogP contribution in [0.15, 0.2) is 11.1 Å². The van der Waals surface area contributed by atoms with Gasteiger partial charge in [-0.1, -0.05) is 13.5 Å². The van der Waals surface area contributed by atoms with Gasteiger partial charge in [0, 0.05) is 7.05 Å². The van der Waals surface area contributed by atoms with Gasteiger partial charge in [0.25, 0.3) is 0 Å². The molecule has 0 aromatic rings. The number of carbonyl (C=O) groups excluding carboxylic acids is 1. The SMILES string of the molecule is CC(C)(C)OC(=O)N1C[CH-]CC1C(=O)O.C[C-]=CC(C)=NC.[W+2]. The third kappa shape index (κ3) is 10.3. The minimum absolute atomic E-state index is 0. The molecule has 23 heavy (non-hydrogen) atoms. The van der Waals surface area contributed by atoms with Crippen LogP contribution >= 0.6 is 0 Å². The number of rotatable bonds is 2. The monoisotopic (exact) mass is 494 g/mol. The summed E-state index contributed by atoms with van der Waals surface area (Å²) in [5.41, 5.74) is 0.422. The Balaban J connectivity index is 0. The number of hydrogen-bond donors (Lipinski definition) is 1. The summed E-state index contributed by atoms with van der Waals surface area (Å²) in [6, 6.07) is -0.778. The van der Waals surface area contributed by atoms with Crippen LogP contribution in [0.1, 0.15) is 41.0 Å².